The molecule has 40 heavy (non-hydrogen) atoms. The second kappa shape index (κ2) is 14.8. The molecule has 5 aliphatic carbocycles. The average Bonchev–Trinajstić information content (AvgIpc) is 2.99. The molecule has 4 N–H and O–H groups in total. The van der Waals surface area contributed by atoms with E-state index in [1.165, 1.54) is 70.6 Å². The van der Waals surface area contributed by atoms with Crippen LogP contribution in [0, 0.1) is 41.4 Å². The molecular formula is C33H56N2O5. The molecule has 5 aliphatic rings. The highest BCUT2D eigenvalue weighted by Crippen LogP contribution is 2.43. The average molecular weight is 561 g/mol. The molecule has 228 valence electrons. The van der Waals surface area contributed by atoms with Gasteiger partial charge in [0.1, 0.15) is 0 Å². The van der Waals surface area contributed by atoms with Crippen LogP contribution in [0.3, 0.4) is 0 Å². The topological polar surface area (TPSA) is 108 Å². The molecule has 7 nitrogen and oxygen atoms in total. The number of carbonyl (C=O) groups is 2. The summed E-state index contributed by atoms with van der Waals surface area (Å²) in [4.78, 5) is 30.2. The number of rotatable bonds is 9. The summed E-state index contributed by atoms with van der Waals surface area (Å²) in [6, 6.07) is 0.969. The van der Waals surface area contributed by atoms with Crippen LogP contribution in [0.15, 0.2) is 0 Å². The van der Waals surface area contributed by atoms with E-state index in [4.69, 9.17) is 4.89 Å². The molecule has 0 aromatic carbocycles. The van der Waals surface area contributed by atoms with Crippen LogP contribution in [0.25, 0.3) is 0 Å². The normalized spacial score (nSPS) is 38.5. The number of carbonyl (C=O) groups excluding carboxylic acids is 1. The lowest BCUT2D eigenvalue weighted by Crippen LogP contribution is -2.51. The van der Waals surface area contributed by atoms with Crippen LogP contribution in [-0.4, -0.2) is 47.0 Å². The fraction of sp³-hybridized carbons (Fsp3) is 0.939. The van der Waals surface area contributed by atoms with E-state index in [2.05, 4.69) is 10.6 Å². The Kier molecular flexibility index (Phi) is 11.2. The molecule has 7 heteroatoms. The summed E-state index contributed by atoms with van der Waals surface area (Å²) in [6.07, 6.45) is 23.2. The van der Waals surface area contributed by atoms with Gasteiger partial charge in [0.2, 0.25) is 5.91 Å². The number of carboxylic acids is 1. The number of nitrogens with one attached hydrogen (secondary N) is 2. The SMILES string of the molecule is O=C(O)C1CC(C2CCCCC2)CCC1C(=O)NC1CCC(NC2CCC(C3CCCCC3)CC2COO)CC1. The predicted octanol–water partition coefficient (Wildman–Crippen LogP) is 6.56. The molecule has 0 heterocycles. The van der Waals surface area contributed by atoms with Crippen molar-refractivity contribution in [1.29, 1.82) is 0 Å². The lowest BCUT2D eigenvalue weighted by atomic mass is 9.66. The van der Waals surface area contributed by atoms with Gasteiger partial charge in [-0.25, -0.2) is 4.89 Å². The van der Waals surface area contributed by atoms with Crippen LogP contribution < -0.4 is 10.6 Å². The zero-order valence-electron chi connectivity index (χ0n) is 24.7. The number of hydrogen-bond donors (Lipinski definition) is 4. The van der Waals surface area contributed by atoms with Gasteiger partial charge in [-0.2, -0.15) is 0 Å². The quantitative estimate of drug-likeness (QED) is 0.188. The number of hydrogen-bond acceptors (Lipinski definition) is 5. The van der Waals surface area contributed by atoms with Crippen LogP contribution in [0.5, 0.6) is 0 Å². The second-order valence-corrected chi connectivity index (χ2v) is 14.4. The van der Waals surface area contributed by atoms with E-state index >= 15 is 0 Å². The van der Waals surface area contributed by atoms with Crippen LogP contribution in [-0.2, 0) is 14.5 Å². The Balaban J connectivity index is 1.06. The van der Waals surface area contributed by atoms with Crippen LogP contribution in [0.2, 0.25) is 0 Å². The highest BCUT2D eigenvalue weighted by molar-refractivity contribution is 5.85. The molecule has 5 saturated carbocycles. The maximum absolute atomic E-state index is 13.3. The number of carboxylic acid groups (broad SMARTS) is 1. The van der Waals surface area contributed by atoms with Crippen LogP contribution in [0.1, 0.15) is 128 Å². The van der Waals surface area contributed by atoms with Crippen molar-refractivity contribution in [3.05, 3.63) is 0 Å². The van der Waals surface area contributed by atoms with Gasteiger partial charge in [-0.3, -0.25) is 14.8 Å². The zero-order valence-corrected chi connectivity index (χ0v) is 24.7. The first kappa shape index (κ1) is 30.3. The van der Waals surface area contributed by atoms with Crippen molar-refractivity contribution in [2.24, 2.45) is 41.4 Å². The van der Waals surface area contributed by atoms with E-state index < -0.39 is 11.9 Å². The lowest BCUT2D eigenvalue weighted by Gasteiger charge is -2.43. The Morgan fingerprint density at radius 1 is 0.625 bits per heavy atom. The van der Waals surface area contributed by atoms with Crippen LogP contribution in [0.4, 0.5) is 0 Å². The van der Waals surface area contributed by atoms with E-state index in [0.717, 1.165) is 63.2 Å². The van der Waals surface area contributed by atoms with Crippen molar-refractivity contribution < 1.29 is 24.8 Å². The minimum absolute atomic E-state index is 0.0212. The number of amides is 1. The van der Waals surface area contributed by atoms with E-state index in [1.807, 2.05) is 0 Å². The van der Waals surface area contributed by atoms with E-state index in [-0.39, 0.29) is 17.9 Å². The molecule has 6 unspecified atom stereocenters. The molecule has 6 atom stereocenters. The third kappa shape index (κ3) is 7.80. The fourth-order valence-corrected chi connectivity index (χ4v) is 9.67. The van der Waals surface area contributed by atoms with Gasteiger partial charge in [0.15, 0.2) is 0 Å². The smallest absolute Gasteiger partial charge is 0.307 e. The molecule has 0 aromatic heterocycles. The van der Waals surface area contributed by atoms with Gasteiger partial charge < -0.3 is 15.7 Å². The fourth-order valence-electron chi connectivity index (χ4n) is 9.67. The van der Waals surface area contributed by atoms with Gasteiger partial charge in [-0.15, -0.1) is 0 Å². The first-order valence-electron chi connectivity index (χ1n) is 17.1. The molecule has 0 spiro atoms. The van der Waals surface area contributed by atoms with Crippen LogP contribution >= 0.6 is 0 Å². The van der Waals surface area contributed by atoms with E-state index in [9.17, 15) is 20.0 Å². The Labute approximate surface area is 241 Å². The van der Waals surface area contributed by atoms with Crippen molar-refractivity contribution in [1.82, 2.24) is 10.6 Å². The van der Waals surface area contributed by atoms with Crippen molar-refractivity contribution in [2.45, 2.75) is 147 Å². The Hall–Kier alpha value is -1.18. The van der Waals surface area contributed by atoms with Gasteiger partial charge in [0.05, 0.1) is 18.4 Å². The summed E-state index contributed by atoms with van der Waals surface area (Å²) < 4.78 is 0. The molecular weight excluding hydrogens is 504 g/mol. The van der Waals surface area contributed by atoms with Crippen molar-refractivity contribution >= 4 is 11.9 Å². The third-order valence-corrected chi connectivity index (χ3v) is 12.0. The molecule has 0 aliphatic heterocycles. The van der Waals surface area contributed by atoms with Crippen molar-refractivity contribution in [3.63, 3.8) is 0 Å². The molecule has 0 bridgehead atoms. The summed E-state index contributed by atoms with van der Waals surface area (Å²) in [5.41, 5.74) is 0. The first-order valence-corrected chi connectivity index (χ1v) is 17.1. The van der Waals surface area contributed by atoms with Gasteiger partial charge in [0.25, 0.3) is 0 Å². The zero-order chi connectivity index (χ0) is 27.9. The Morgan fingerprint density at radius 3 is 1.80 bits per heavy atom. The van der Waals surface area contributed by atoms with Gasteiger partial charge in [-0.1, -0.05) is 64.2 Å². The van der Waals surface area contributed by atoms with E-state index in [1.54, 1.807) is 0 Å². The second-order valence-electron chi connectivity index (χ2n) is 14.4. The largest absolute Gasteiger partial charge is 0.481 e. The molecule has 5 fully saturated rings. The first-order chi connectivity index (χ1) is 19.5. The maximum atomic E-state index is 13.3. The third-order valence-electron chi connectivity index (χ3n) is 12.0. The predicted molar refractivity (Wildman–Crippen MR) is 156 cm³/mol. The highest BCUT2D eigenvalue weighted by atomic mass is 17.1. The summed E-state index contributed by atoms with van der Waals surface area (Å²) in [7, 11) is 0. The molecule has 5 rings (SSSR count). The minimum Gasteiger partial charge on any atom is -0.481 e. The molecule has 0 saturated heterocycles. The molecule has 1 amide bonds. The maximum Gasteiger partial charge on any atom is 0.307 e. The summed E-state index contributed by atoms with van der Waals surface area (Å²) in [5, 5.41) is 26.5. The summed E-state index contributed by atoms with van der Waals surface area (Å²) >= 11 is 0. The Bertz CT molecular complexity index is 803. The molecule has 0 aromatic rings. The van der Waals surface area contributed by atoms with Crippen molar-refractivity contribution in [3.8, 4) is 0 Å². The molecule has 0 radical (unpaired) electrons. The van der Waals surface area contributed by atoms with Crippen molar-refractivity contribution in [2.75, 3.05) is 6.61 Å². The van der Waals surface area contributed by atoms with E-state index in [0.29, 0.717) is 42.9 Å². The standard InChI is InChI=1S/C33H56N2O5/c36-32(29-17-11-25(20-30(29)33(37)38)23-9-5-2-6-10-23)35-28-15-13-27(14-16-28)34-31-18-12-24(19-26(31)21-40-39)22-7-3-1-4-8-22/h22-31,34,39H,1-21H2,(H,35,36)(H,37,38). The number of aliphatic carboxylic acids is 1. The minimum atomic E-state index is -0.784. The summed E-state index contributed by atoms with van der Waals surface area (Å²) in [5.74, 6) is 1.41. The van der Waals surface area contributed by atoms with Gasteiger partial charge in [0, 0.05) is 24.0 Å². The summed E-state index contributed by atoms with van der Waals surface area (Å²) in [6.45, 7) is 0.417. The van der Waals surface area contributed by atoms with Gasteiger partial charge in [-0.05, 0) is 87.9 Å². The monoisotopic (exact) mass is 560 g/mol. The Morgan fingerprint density at radius 2 is 1.20 bits per heavy atom. The lowest BCUT2D eigenvalue weighted by molar-refractivity contribution is -0.255. The van der Waals surface area contributed by atoms with Gasteiger partial charge >= 0.3 is 5.97 Å². The highest BCUT2D eigenvalue weighted by Gasteiger charge is 2.42.